The first-order valence-corrected chi connectivity index (χ1v) is 8.93. The Bertz CT molecular complexity index is 872. The van der Waals surface area contributed by atoms with E-state index < -0.39 is 26.7 Å². The number of rotatable bonds is 4. The van der Waals surface area contributed by atoms with Crippen LogP contribution in [0.2, 0.25) is 5.02 Å². The van der Waals surface area contributed by atoms with Crippen molar-refractivity contribution < 1.29 is 26.3 Å². The summed E-state index contributed by atoms with van der Waals surface area (Å²) >= 11 is 8.65. The van der Waals surface area contributed by atoms with Gasteiger partial charge >= 0.3 is 6.18 Å². The van der Waals surface area contributed by atoms with E-state index in [1.165, 1.54) is 25.3 Å². The van der Waals surface area contributed by atoms with E-state index in [0.717, 1.165) is 12.1 Å². The summed E-state index contributed by atoms with van der Waals surface area (Å²) in [6.45, 7) is 0. The number of methoxy groups -OCH3 is 1. The van der Waals surface area contributed by atoms with E-state index in [9.17, 15) is 21.6 Å². The van der Waals surface area contributed by atoms with E-state index in [-0.39, 0.29) is 15.2 Å². The highest BCUT2D eigenvalue weighted by atomic mass is 79.9. The third-order valence-corrected chi connectivity index (χ3v) is 5.32. The zero-order chi connectivity index (χ0) is 18.1. The second-order valence-corrected chi connectivity index (χ2v) is 7.54. The molecular formula is C14H10BrClF3NO3S. The van der Waals surface area contributed by atoms with Crippen LogP contribution in [0.3, 0.4) is 0 Å². The Labute approximate surface area is 149 Å². The van der Waals surface area contributed by atoms with Gasteiger partial charge in [-0.15, -0.1) is 0 Å². The van der Waals surface area contributed by atoms with E-state index in [1.54, 1.807) is 0 Å². The van der Waals surface area contributed by atoms with Gasteiger partial charge in [-0.05, 0) is 36.4 Å². The Balaban J connectivity index is 2.39. The summed E-state index contributed by atoms with van der Waals surface area (Å²) in [5.41, 5.74) is -0.990. The van der Waals surface area contributed by atoms with Gasteiger partial charge in [-0.1, -0.05) is 27.5 Å². The number of alkyl halides is 3. The lowest BCUT2D eigenvalue weighted by atomic mass is 10.2. The Morgan fingerprint density at radius 1 is 1.17 bits per heavy atom. The summed E-state index contributed by atoms with van der Waals surface area (Å²) in [6.07, 6.45) is -4.69. The second-order valence-electron chi connectivity index (χ2n) is 4.59. The van der Waals surface area contributed by atoms with Crippen LogP contribution in [0, 0.1) is 0 Å². The SMILES string of the molecule is COc1ccc(NS(=O)(=O)c2ccc(Br)c(C(F)(F)F)c2)cc1Cl. The standard InChI is InChI=1S/C14H10BrClF3NO3S/c1-23-13-5-2-8(6-12(13)16)20-24(21,22)9-3-4-11(15)10(7-9)14(17,18)19/h2-7,20H,1H3. The molecule has 0 saturated carbocycles. The Hall–Kier alpha value is -1.45. The van der Waals surface area contributed by atoms with Crippen LogP contribution >= 0.6 is 27.5 Å². The lowest BCUT2D eigenvalue weighted by Crippen LogP contribution is -2.15. The normalized spacial score (nSPS) is 12.1. The molecule has 0 fully saturated rings. The monoisotopic (exact) mass is 443 g/mol. The minimum absolute atomic E-state index is 0.0947. The van der Waals surface area contributed by atoms with Gasteiger partial charge in [0.05, 0.1) is 28.3 Å². The van der Waals surface area contributed by atoms with E-state index >= 15 is 0 Å². The predicted octanol–water partition coefficient (Wildman–Crippen LogP) is 4.93. The van der Waals surface area contributed by atoms with Gasteiger partial charge in [0.15, 0.2) is 0 Å². The molecule has 0 aromatic heterocycles. The minimum atomic E-state index is -4.69. The van der Waals surface area contributed by atoms with Crippen LogP contribution in [0.1, 0.15) is 5.56 Å². The molecule has 24 heavy (non-hydrogen) atoms. The first kappa shape index (κ1) is 18.9. The van der Waals surface area contributed by atoms with Gasteiger partial charge < -0.3 is 4.74 Å². The van der Waals surface area contributed by atoms with Gasteiger partial charge in [-0.3, -0.25) is 4.72 Å². The van der Waals surface area contributed by atoms with Gasteiger partial charge in [-0.25, -0.2) is 8.42 Å². The maximum Gasteiger partial charge on any atom is 0.417 e. The topological polar surface area (TPSA) is 55.4 Å². The number of benzene rings is 2. The molecule has 0 aliphatic rings. The van der Waals surface area contributed by atoms with Crippen LogP contribution in [-0.2, 0) is 16.2 Å². The molecule has 0 aliphatic carbocycles. The van der Waals surface area contributed by atoms with Crippen molar-refractivity contribution in [2.45, 2.75) is 11.1 Å². The summed E-state index contributed by atoms with van der Waals surface area (Å²) < 4.78 is 70.2. The van der Waals surface area contributed by atoms with Gasteiger partial charge in [0.25, 0.3) is 10.0 Å². The molecule has 10 heteroatoms. The van der Waals surface area contributed by atoms with Crippen LogP contribution in [0.25, 0.3) is 0 Å². The Morgan fingerprint density at radius 3 is 2.38 bits per heavy atom. The first-order chi connectivity index (χ1) is 11.0. The summed E-state index contributed by atoms with van der Waals surface area (Å²) in [6, 6.07) is 6.75. The van der Waals surface area contributed by atoms with Crippen LogP contribution < -0.4 is 9.46 Å². The molecule has 4 nitrogen and oxygen atoms in total. The van der Waals surface area contributed by atoms with Crippen molar-refractivity contribution >= 4 is 43.2 Å². The zero-order valence-corrected chi connectivity index (χ0v) is 15.1. The highest BCUT2D eigenvalue weighted by Crippen LogP contribution is 2.36. The van der Waals surface area contributed by atoms with E-state index in [1.807, 2.05) is 0 Å². The van der Waals surface area contributed by atoms with Crippen molar-refractivity contribution in [3.8, 4) is 5.75 Å². The van der Waals surface area contributed by atoms with E-state index in [0.29, 0.717) is 11.8 Å². The maximum absolute atomic E-state index is 12.9. The number of ether oxygens (including phenoxy) is 1. The Kier molecular flexibility index (Phi) is 5.36. The third kappa shape index (κ3) is 4.14. The third-order valence-electron chi connectivity index (χ3n) is 2.96. The molecular weight excluding hydrogens is 435 g/mol. The van der Waals surface area contributed by atoms with Crippen LogP contribution in [-0.4, -0.2) is 15.5 Å². The zero-order valence-electron chi connectivity index (χ0n) is 12.0. The number of anilines is 1. The molecule has 130 valence electrons. The van der Waals surface area contributed by atoms with Gasteiger partial charge in [-0.2, -0.15) is 13.2 Å². The summed E-state index contributed by atoms with van der Waals surface area (Å²) in [5, 5.41) is 0.157. The Morgan fingerprint density at radius 2 is 1.83 bits per heavy atom. The highest BCUT2D eigenvalue weighted by Gasteiger charge is 2.34. The van der Waals surface area contributed by atoms with Crippen molar-refractivity contribution in [3.63, 3.8) is 0 Å². The predicted molar refractivity (Wildman–Crippen MR) is 88.0 cm³/mol. The molecule has 0 heterocycles. The highest BCUT2D eigenvalue weighted by molar-refractivity contribution is 9.10. The van der Waals surface area contributed by atoms with Crippen molar-refractivity contribution in [1.82, 2.24) is 0 Å². The van der Waals surface area contributed by atoms with Crippen molar-refractivity contribution in [2.24, 2.45) is 0 Å². The molecule has 2 aromatic carbocycles. The average Bonchev–Trinajstić information content (AvgIpc) is 2.46. The molecule has 0 atom stereocenters. The molecule has 0 radical (unpaired) electrons. The van der Waals surface area contributed by atoms with Crippen LogP contribution in [0.4, 0.5) is 18.9 Å². The quantitative estimate of drug-likeness (QED) is 0.727. The number of nitrogens with one attached hydrogen (secondary N) is 1. The van der Waals surface area contributed by atoms with E-state index in [2.05, 4.69) is 20.7 Å². The lowest BCUT2D eigenvalue weighted by Gasteiger charge is -2.13. The fourth-order valence-corrected chi connectivity index (χ4v) is 3.64. The fraction of sp³-hybridized carbons (Fsp3) is 0.143. The maximum atomic E-state index is 12.9. The van der Waals surface area contributed by atoms with Gasteiger partial charge in [0.1, 0.15) is 5.75 Å². The van der Waals surface area contributed by atoms with Gasteiger partial charge in [0, 0.05) is 4.47 Å². The summed E-state index contributed by atoms with van der Waals surface area (Å²) in [4.78, 5) is -0.523. The molecule has 1 N–H and O–H groups in total. The molecule has 0 amide bonds. The summed E-state index contributed by atoms with van der Waals surface area (Å²) in [5.74, 6) is 0.336. The molecule has 0 saturated heterocycles. The molecule has 2 aromatic rings. The molecule has 0 aliphatic heterocycles. The lowest BCUT2D eigenvalue weighted by molar-refractivity contribution is -0.138. The van der Waals surface area contributed by atoms with Crippen molar-refractivity contribution in [1.29, 1.82) is 0 Å². The van der Waals surface area contributed by atoms with E-state index in [4.69, 9.17) is 16.3 Å². The average molecular weight is 445 g/mol. The summed E-state index contributed by atoms with van der Waals surface area (Å²) in [7, 11) is -2.83. The van der Waals surface area contributed by atoms with Crippen LogP contribution in [0.5, 0.6) is 5.75 Å². The molecule has 0 spiro atoms. The largest absolute Gasteiger partial charge is 0.495 e. The number of hydrogen-bond acceptors (Lipinski definition) is 3. The van der Waals surface area contributed by atoms with Crippen molar-refractivity contribution in [3.05, 3.63) is 51.5 Å². The van der Waals surface area contributed by atoms with Gasteiger partial charge in [0.2, 0.25) is 0 Å². The first-order valence-electron chi connectivity index (χ1n) is 6.27. The minimum Gasteiger partial charge on any atom is -0.495 e. The van der Waals surface area contributed by atoms with Crippen molar-refractivity contribution in [2.75, 3.05) is 11.8 Å². The number of hydrogen-bond donors (Lipinski definition) is 1. The second kappa shape index (κ2) is 6.81. The number of sulfonamides is 1. The molecule has 0 unspecified atom stereocenters. The molecule has 0 bridgehead atoms. The smallest absolute Gasteiger partial charge is 0.417 e. The fourth-order valence-electron chi connectivity index (χ4n) is 1.83. The number of halogens is 5. The van der Waals surface area contributed by atoms with Crippen LogP contribution in [0.15, 0.2) is 45.8 Å². The molecule has 2 rings (SSSR count).